The van der Waals surface area contributed by atoms with Crippen LogP contribution in [0.4, 0.5) is 18.9 Å². The van der Waals surface area contributed by atoms with Crippen LogP contribution in [0.2, 0.25) is 0 Å². The molecule has 0 saturated carbocycles. The van der Waals surface area contributed by atoms with E-state index in [2.05, 4.69) is 10.3 Å². The van der Waals surface area contributed by atoms with Gasteiger partial charge < -0.3 is 16.2 Å². The first-order chi connectivity index (χ1) is 16.9. The summed E-state index contributed by atoms with van der Waals surface area (Å²) in [5, 5.41) is 13.5. The number of carbonyl (C=O) groups excluding carboxylic acids is 1. The first kappa shape index (κ1) is 25.6. The van der Waals surface area contributed by atoms with Crippen LogP contribution in [-0.2, 0) is 16.2 Å². The van der Waals surface area contributed by atoms with Gasteiger partial charge in [0.25, 0.3) is 5.91 Å². The predicted molar refractivity (Wildman–Crippen MR) is 126 cm³/mol. The van der Waals surface area contributed by atoms with Gasteiger partial charge in [-0.05, 0) is 66.1 Å². The smallest absolute Gasteiger partial charge is 0.390 e. The van der Waals surface area contributed by atoms with Crippen LogP contribution in [0, 0.1) is 0 Å². The highest BCUT2D eigenvalue weighted by atomic mass is 32.2. The van der Waals surface area contributed by atoms with E-state index in [4.69, 9.17) is 5.73 Å². The Hall–Kier alpha value is -3.48. The number of amides is 1. The second kappa shape index (κ2) is 9.88. The van der Waals surface area contributed by atoms with Gasteiger partial charge in [-0.25, -0.2) is 8.42 Å². The third-order valence-corrected chi connectivity index (χ3v) is 7.83. The summed E-state index contributed by atoms with van der Waals surface area (Å²) in [5.74, 6) is -0.675. The van der Waals surface area contributed by atoms with Crippen molar-refractivity contribution >= 4 is 21.6 Å². The Kier molecular flexibility index (Phi) is 7.03. The molecule has 0 aliphatic carbocycles. The number of carbonyl (C=O) groups is 1. The molecule has 1 fully saturated rings. The molecule has 0 bridgehead atoms. The number of hydrogen-bond donors (Lipinski definition) is 3. The highest BCUT2D eigenvalue weighted by Crippen LogP contribution is 2.31. The van der Waals surface area contributed by atoms with Crippen molar-refractivity contribution in [2.24, 2.45) is 5.73 Å². The number of nitrogens with zero attached hydrogens (tertiary/aromatic N) is 2. The first-order valence-corrected chi connectivity index (χ1v) is 12.4. The van der Waals surface area contributed by atoms with Crippen LogP contribution in [0.5, 0.6) is 0 Å². The second-order valence-electron chi connectivity index (χ2n) is 8.36. The summed E-state index contributed by atoms with van der Waals surface area (Å²) in [5.41, 5.74) is 6.28. The van der Waals surface area contributed by atoms with Crippen LogP contribution < -0.4 is 11.1 Å². The van der Waals surface area contributed by atoms with Crippen molar-refractivity contribution < 1.29 is 31.5 Å². The van der Waals surface area contributed by atoms with Crippen molar-refractivity contribution in [2.75, 3.05) is 18.4 Å². The number of aliphatic hydroxyl groups excluding tert-OH is 1. The number of alkyl halides is 3. The fraction of sp³-hybridized carbons (Fsp3) is 0.250. The lowest BCUT2D eigenvalue weighted by molar-refractivity contribution is -0.137. The number of anilines is 1. The molecule has 4 N–H and O–H groups in total. The van der Waals surface area contributed by atoms with E-state index < -0.39 is 39.8 Å². The molecule has 1 amide bonds. The minimum absolute atomic E-state index is 0.0387. The van der Waals surface area contributed by atoms with Crippen molar-refractivity contribution in [3.05, 3.63) is 78.1 Å². The van der Waals surface area contributed by atoms with E-state index in [0.29, 0.717) is 16.8 Å². The van der Waals surface area contributed by atoms with Gasteiger partial charge in [0.05, 0.1) is 22.6 Å². The number of β-amino-alcohol motifs (C(OH)–C–C–N with tert-alkyl or cyclic N) is 1. The number of primary amides is 1. The molecule has 1 saturated heterocycles. The predicted octanol–water partition coefficient (Wildman–Crippen LogP) is 3.10. The molecule has 36 heavy (non-hydrogen) atoms. The van der Waals surface area contributed by atoms with Crippen LogP contribution in [0.25, 0.3) is 11.1 Å². The molecule has 4 rings (SSSR count). The number of piperidine rings is 1. The number of nitrogens with two attached hydrogens (primary N) is 1. The van der Waals surface area contributed by atoms with Gasteiger partial charge in [-0.1, -0.05) is 12.1 Å². The molecule has 0 spiro atoms. The molecule has 2 heterocycles. The Morgan fingerprint density at radius 3 is 2.31 bits per heavy atom. The molecule has 190 valence electrons. The SMILES string of the molecule is NC(=O)c1cc(-c2ccc(S(=O)(=O)N3CC[C@@H](Nc4ccc(C(F)(F)F)cc4)[C@@H](O)C3)cc2)ccn1. The molecule has 2 atom stereocenters. The molecule has 0 unspecified atom stereocenters. The van der Waals surface area contributed by atoms with Crippen LogP contribution >= 0.6 is 0 Å². The van der Waals surface area contributed by atoms with Crippen molar-refractivity contribution in [3.8, 4) is 11.1 Å². The van der Waals surface area contributed by atoms with Crippen molar-refractivity contribution in [1.82, 2.24) is 9.29 Å². The minimum atomic E-state index is -4.44. The van der Waals surface area contributed by atoms with E-state index in [1.54, 1.807) is 18.2 Å². The molecular weight excluding hydrogens is 497 g/mol. The number of nitrogens with one attached hydrogen (secondary N) is 1. The molecule has 8 nitrogen and oxygen atoms in total. The van der Waals surface area contributed by atoms with Crippen molar-refractivity contribution in [3.63, 3.8) is 0 Å². The van der Waals surface area contributed by atoms with Gasteiger partial charge in [0.1, 0.15) is 5.69 Å². The summed E-state index contributed by atoms with van der Waals surface area (Å²) >= 11 is 0. The van der Waals surface area contributed by atoms with Gasteiger partial charge in [-0.15, -0.1) is 0 Å². The maximum absolute atomic E-state index is 13.1. The largest absolute Gasteiger partial charge is 0.416 e. The average molecular weight is 521 g/mol. The Bertz CT molecular complexity index is 1350. The summed E-state index contributed by atoms with van der Waals surface area (Å²) in [6.07, 6.45) is -3.82. The lowest BCUT2D eigenvalue weighted by atomic mass is 10.0. The highest BCUT2D eigenvalue weighted by Gasteiger charge is 2.35. The van der Waals surface area contributed by atoms with Gasteiger partial charge in [0, 0.05) is 25.0 Å². The Balaban J connectivity index is 1.42. The standard InChI is InChI=1S/C24H23F3N4O4S/c25-24(26,27)17-3-5-18(6-4-17)30-20-10-12-31(14-22(20)32)36(34,35)19-7-1-15(2-8-19)16-9-11-29-21(13-16)23(28)33/h1-9,11,13,20,22,30,32H,10,12,14H2,(H2,28,33)/t20-,22+/m1/s1. The van der Waals surface area contributed by atoms with Crippen molar-refractivity contribution in [2.45, 2.75) is 29.6 Å². The molecular formula is C24H23F3N4O4S. The topological polar surface area (TPSA) is 126 Å². The quantitative estimate of drug-likeness (QED) is 0.459. The number of benzene rings is 2. The number of rotatable bonds is 6. The fourth-order valence-electron chi connectivity index (χ4n) is 3.97. The summed E-state index contributed by atoms with van der Waals surface area (Å²) in [7, 11) is -3.90. The van der Waals surface area contributed by atoms with Crippen LogP contribution in [-0.4, -0.2) is 54.0 Å². The van der Waals surface area contributed by atoms with E-state index in [1.165, 1.54) is 40.8 Å². The Morgan fingerprint density at radius 1 is 1.06 bits per heavy atom. The van der Waals surface area contributed by atoms with Crippen LogP contribution in [0.15, 0.2) is 71.8 Å². The van der Waals surface area contributed by atoms with Crippen molar-refractivity contribution in [1.29, 1.82) is 0 Å². The highest BCUT2D eigenvalue weighted by molar-refractivity contribution is 7.89. The summed E-state index contributed by atoms with van der Waals surface area (Å²) in [4.78, 5) is 15.3. The van der Waals surface area contributed by atoms with E-state index in [-0.39, 0.29) is 30.1 Å². The fourth-order valence-corrected chi connectivity index (χ4v) is 5.45. The lowest BCUT2D eigenvalue weighted by Gasteiger charge is -2.36. The Morgan fingerprint density at radius 2 is 1.72 bits per heavy atom. The van der Waals surface area contributed by atoms with Crippen LogP contribution in [0.3, 0.4) is 0 Å². The van der Waals surface area contributed by atoms with Gasteiger partial charge in [0.15, 0.2) is 0 Å². The monoisotopic (exact) mass is 520 g/mol. The number of aliphatic hydroxyl groups is 1. The maximum Gasteiger partial charge on any atom is 0.416 e. The third-order valence-electron chi connectivity index (χ3n) is 5.95. The number of pyridine rings is 1. The summed E-state index contributed by atoms with van der Waals surface area (Å²) in [6, 6.07) is 13.2. The van der Waals surface area contributed by atoms with E-state index in [1.807, 2.05) is 0 Å². The second-order valence-corrected chi connectivity index (χ2v) is 10.3. The van der Waals surface area contributed by atoms with E-state index >= 15 is 0 Å². The van der Waals surface area contributed by atoms with E-state index in [0.717, 1.165) is 12.1 Å². The molecule has 1 aliphatic rings. The van der Waals surface area contributed by atoms with Gasteiger partial charge in [0.2, 0.25) is 10.0 Å². The summed E-state index contributed by atoms with van der Waals surface area (Å²) < 4.78 is 65.7. The normalized spacial score (nSPS) is 19.1. The number of sulfonamides is 1. The molecule has 1 aliphatic heterocycles. The zero-order valence-corrected chi connectivity index (χ0v) is 19.6. The summed E-state index contributed by atoms with van der Waals surface area (Å²) in [6.45, 7) is -0.0551. The van der Waals surface area contributed by atoms with Gasteiger partial charge in [-0.3, -0.25) is 9.78 Å². The molecule has 0 radical (unpaired) electrons. The number of aromatic nitrogens is 1. The minimum Gasteiger partial charge on any atom is -0.390 e. The third kappa shape index (κ3) is 5.50. The van der Waals surface area contributed by atoms with Gasteiger partial charge >= 0.3 is 6.18 Å². The average Bonchev–Trinajstić information content (AvgIpc) is 2.85. The molecule has 2 aromatic carbocycles. The molecule has 12 heteroatoms. The zero-order valence-electron chi connectivity index (χ0n) is 18.8. The van der Waals surface area contributed by atoms with Crippen LogP contribution in [0.1, 0.15) is 22.5 Å². The van der Waals surface area contributed by atoms with Gasteiger partial charge in [-0.2, -0.15) is 17.5 Å². The molecule has 3 aromatic rings. The zero-order chi connectivity index (χ0) is 26.1. The molecule has 1 aromatic heterocycles. The number of halogens is 3. The maximum atomic E-state index is 13.1. The lowest BCUT2D eigenvalue weighted by Crippen LogP contribution is -2.51. The first-order valence-electron chi connectivity index (χ1n) is 10.9. The Labute approximate surface area is 205 Å². The number of hydrogen-bond acceptors (Lipinski definition) is 6. The van der Waals surface area contributed by atoms with E-state index in [9.17, 15) is 31.5 Å².